The van der Waals surface area contributed by atoms with E-state index >= 15 is 0 Å². The van der Waals surface area contributed by atoms with Gasteiger partial charge in [-0.2, -0.15) is 0 Å². The number of aliphatic hydroxyl groups is 1. The van der Waals surface area contributed by atoms with Gasteiger partial charge in [-0.05, 0) is 38.7 Å². The molecule has 1 aromatic rings. The zero-order valence-corrected chi connectivity index (χ0v) is 15.0. The SMILES string of the molecule is Cc1cccnc1OC1CCN(CC2(O)CCS(=O)(=O)CC2)CC1. The quantitative estimate of drug-likeness (QED) is 0.874. The molecule has 0 bridgehead atoms. The summed E-state index contributed by atoms with van der Waals surface area (Å²) >= 11 is 0. The van der Waals surface area contributed by atoms with Crippen molar-refractivity contribution in [3.05, 3.63) is 23.9 Å². The first kappa shape index (κ1) is 17.6. The van der Waals surface area contributed by atoms with Crippen molar-refractivity contribution in [3.8, 4) is 5.88 Å². The molecule has 0 saturated carbocycles. The second-order valence-electron chi connectivity index (χ2n) is 7.09. The van der Waals surface area contributed by atoms with Gasteiger partial charge in [0.2, 0.25) is 5.88 Å². The van der Waals surface area contributed by atoms with Crippen LogP contribution in [0.15, 0.2) is 18.3 Å². The standard InChI is InChI=1S/C17H26N2O4S/c1-14-3-2-8-18-16(14)23-15-4-9-19(10-5-15)13-17(20)6-11-24(21,22)12-7-17/h2-3,8,15,20H,4-7,9-13H2,1H3. The second-order valence-corrected chi connectivity index (χ2v) is 9.40. The topological polar surface area (TPSA) is 79.7 Å². The number of likely N-dealkylation sites (tertiary alicyclic amines) is 1. The van der Waals surface area contributed by atoms with Crippen molar-refractivity contribution in [2.24, 2.45) is 0 Å². The van der Waals surface area contributed by atoms with E-state index in [2.05, 4.69) is 9.88 Å². The van der Waals surface area contributed by atoms with Crippen LogP contribution >= 0.6 is 0 Å². The fraction of sp³-hybridized carbons (Fsp3) is 0.706. The third kappa shape index (κ3) is 4.46. The Morgan fingerprint density at radius 1 is 1.33 bits per heavy atom. The Morgan fingerprint density at radius 2 is 2.00 bits per heavy atom. The van der Waals surface area contributed by atoms with Gasteiger partial charge < -0.3 is 14.7 Å². The van der Waals surface area contributed by atoms with Crippen molar-refractivity contribution in [3.63, 3.8) is 0 Å². The van der Waals surface area contributed by atoms with E-state index in [4.69, 9.17) is 4.74 Å². The molecule has 0 radical (unpaired) electrons. The van der Waals surface area contributed by atoms with Gasteiger partial charge in [-0.25, -0.2) is 13.4 Å². The molecule has 6 nitrogen and oxygen atoms in total. The molecule has 3 rings (SSSR count). The average molecular weight is 354 g/mol. The van der Waals surface area contributed by atoms with Crippen molar-refractivity contribution in [2.45, 2.75) is 44.3 Å². The Balaban J connectivity index is 1.48. The number of β-amino-alcohol motifs (C(OH)–C–C–N with tert-alkyl or cyclic N) is 1. The van der Waals surface area contributed by atoms with Gasteiger partial charge in [0.05, 0.1) is 17.1 Å². The lowest BCUT2D eigenvalue weighted by molar-refractivity contribution is -0.0189. The summed E-state index contributed by atoms with van der Waals surface area (Å²) in [6.07, 6.45) is 4.37. The van der Waals surface area contributed by atoms with E-state index in [1.54, 1.807) is 6.20 Å². The number of aryl methyl sites for hydroxylation is 1. The van der Waals surface area contributed by atoms with Crippen molar-refractivity contribution in [1.29, 1.82) is 0 Å². The number of hydrogen-bond donors (Lipinski definition) is 1. The Labute approximate surface area is 143 Å². The van der Waals surface area contributed by atoms with E-state index in [1.165, 1.54) is 0 Å². The molecular formula is C17H26N2O4S. The number of hydrogen-bond acceptors (Lipinski definition) is 6. The van der Waals surface area contributed by atoms with Crippen molar-refractivity contribution < 1.29 is 18.3 Å². The molecule has 0 spiro atoms. The van der Waals surface area contributed by atoms with Gasteiger partial charge in [0.25, 0.3) is 0 Å². The highest BCUT2D eigenvalue weighted by molar-refractivity contribution is 7.91. The van der Waals surface area contributed by atoms with Gasteiger partial charge in [-0.3, -0.25) is 0 Å². The molecule has 2 aliphatic heterocycles. The minimum absolute atomic E-state index is 0.0992. The first-order valence-corrected chi connectivity index (χ1v) is 10.4. The summed E-state index contributed by atoms with van der Waals surface area (Å²) in [5.41, 5.74) is 0.175. The van der Waals surface area contributed by atoms with Crippen LogP contribution in [0.2, 0.25) is 0 Å². The van der Waals surface area contributed by atoms with Gasteiger partial charge in [0.15, 0.2) is 9.84 Å². The average Bonchev–Trinajstić information content (AvgIpc) is 2.55. The van der Waals surface area contributed by atoms with Crippen LogP contribution in [-0.4, -0.2) is 66.3 Å². The van der Waals surface area contributed by atoms with Crippen molar-refractivity contribution in [2.75, 3.05) is 31.1 Å². The van der Waals surface area contributed by atoms with E-state index < -0.39 is 15.4 Å². The van der Waals surface area contributed by atoms with Crippen LogP contribution in [0.5, 0.6) is 5.88 Å². The minimum atomic E-state index is -2.95. The number of rotatable bonds is 4. The number of sulfone groups is 1. The van der Waals surface area contributed by atoms with Crippen LogP contribution in [0.3, 0.4) is 0 Å². The van der Waals surface area contributed by atoms with Crippen molar-refractivity contribution >= 4 is 9.84 Å². The lowest BCUT2D eigenvalue weighted by Gasteiger charge is -2.39. The molecule has 1 aromatic heterocycles. The second kappa shape index (κ2) is 6.98. The van der Waals surface area contributed by atoms with Gasteiger partial charge >= 0.3 is 0 Å². The summed E-state index contributed by atoms with van der Waals surface area (Å²) in [4.78, 5) is 6.50. The molecule has 1 N–H and O–H groups in total. The maximum absolute atomic E-state index is 11.5. The number of pyridine rings is 1. The maximum atomic E-state index is 11.5. The summed E-state index contributed by atoms with van der Waals surface area (Å²) in [6.45, 7) is 4.25. The van der Waals surface area contributed by atoms with Gasteiger partial charge in [-0.15, -0.1) is 0 Å². The summed E-state index contributed by atoms with van der Waals surface area (Å²) in [7, 11) is -2.95. The molecule has 2 fully saturated rings. The number of aromatic nitrogens is 1. The van der Waals surface area contributed by atoms with E-state index in [0.717, 1.165) is 31.5 Å². The van der Waals surface area contributed by atoms with E-state index in [9.17, 15) is 13.5 Å². The summed E-state index contributed by atoms with van der Waals surface area (Å²) in [5.74, 6) is 0.899. The Hall–Kier alpha value is -1.18. The highest BCUT2D eigenvalue weighted by atomic mass is 32.2. The van der Waals surface area contributed by atoms with Crippen LogP contribution in [-0.2, 0) is 9.84 Å². The molecular weight excluding hydrogens is 328 g/mol. The fourth-order valence-corrected chi connectivity index (χ4v) is 5.02. The van der Waals surface area contributed by atoms with Gasteiger partial charge in [0.1, 0.15) is 6.10 Å². The summed E-state index contributed by atoms with van der Waals surface area (Å²) < 4.78 is 29.1. The third-order valence-corrected chi connectivity index (χ3v) is 6.70. The molecule has 7 heteroatoms. The Bertz CT molecular complexity index is 655. The molecule has 0 amide bonds. The zero-order chi connectivity index (χ0) is 17.2. The molecule has 2 saturated heterocycles. The smallest absolute Gasteiger partial charge is 0.216 e. The monoisotopic (exact) mass is 354 g/mol. The van der Waals surface area contributed by atoms with Gasteiger partial charge in [0, 0.05) is 31.4 Å². The highest BCUT2D eigenvalue weighted by Crippen LogP contribution is 2.27. The van der Waals surface area contributed by atoms with Crippen LogP contribution in [0.25, 0.3) is 0 Å². The first-order valence-electron chi connectivity index (χ1n) is 8.59. The van der Waals surface area contributed by atoms with Crippen molar-refractivity contribution in [1.82, 2.24) is 9.88 Å². The fourth-order valence-electron chi connectivity index (χ4n) is 3.43. The molecule has 2 aliphatic rings. The van der Waals surface area contributed by atoms with Crippen LogP contribution in [0.1, 0.15) is 31.2 Å². The Morgan fingerprint density at radius 3 is 2.62 bits per heavy atom. The van der Waals surface area contributed by atoms with E-state index in [-0.39, 0.29) is 17.6 Å². The molecule has 0 aromatic carbocycles. The van der Waals surface area contributed by atoms with Gasteiger partial charge in [-0.1, -0.05) is 6.07 Å². The summed E-state index contributed by atoms with van der Waals surface area (Å²) in [5, 5.41) is 10.6. The predicted molar refractivity (Wildman–Crippen MR) is 91.9 cm³/mol. The summed E-state index contributed by atoms with van der Waals surface area (Å²) in [6, 6.07) is 3.89. The third-order valence-electron chi connectivity index (χ3n) is 5.05. The lowest BCUT2D eigenvalue weighted by Crippen LogP contribution is -2.51. The highest BCUT2D eigenvalue weighted by Gasteiger charge is 2.37. The number of nitrogens with zero attached hydrogens (tertiary/aromatic N) is 2. The molecule has 0 aliphatic carbocycles. The Kier molecular flexibility index (Phi) is 5.13. The van der Waals surface area contributed by atoms with E-state index in [1.807, 2.05) is 19.1 Å². The lowest BCUT2D eigenvalue weighted by atomic mass is 9.95. The molecule has 3 heterocycles. The zero-order valence-electron chi connectivity index (χ0n) is 14.1. The van der Waals surface area contributed by atoms with E-state index in [0.29, 0.717) is 25.3 Å². The molecule has 24 heavy (non-hydrogen) atoms. The number of piperidine rings is 1. The largest absolute Gasteiger partial charge is 0.474 e. The van der Waals surface area contributed by atoms with Crippen LogP contribution < -0.4 is 4.74 Å². The molecule has 134 valence electrons. The maximum Gasteiger partial charge on any atom is 0.216 e. The minimum Gasteiger partial charge on any atom is -0.474 e. The van der Waals surface area contributed by atoms with Crippen LogP contribution in [0, 0.1) is 6.92 Å². The number of ether oxygens (including phenoxy) is 1. The molecule has 0 unspecified atom stereocenters. The first-order chi connectivity index (χ1) is 11.4. The van der Waals surface area contributed by atoms with Crippen LogP contribution in [0.4, 0.5) is 0 Å². The predicted octanol–water partition coefficient (Wildman–Crippen LogP) is 1.17. The normalized spacial score (nSPS) is 24.6. The molecule has 0 atom stereocenters.